The van der Waals surface area contributed by atoms with Crippen LogP contribution in [-0.4, -0.2) is 58.5 Å². The maximum atomic E-state index is 13.2. The summed E-state index contributed by atoms with van der Waals surface area (Å²) in [6, 6.07) is 16.5. The third-order valence-corrected chi connectivity index (χ3v) is 5.80. The van der Waals surface area contributed by atoms with Gasteiger partial charge in [0.25, 0.3) is 11.8 Å². The summed E-state index contributed by atoms with van der Waals surface area (Å²) in [6.07, 6.45) is 4.81. The lowest BCUT2D eigenvalue weighted by molar-refractivity contribution is -0.157. The maximum Gasteiger partial charge on any atom is 0.274 e. The topological polar surface area (TPSA) is 84.4 Å². The zero-order valence-corrected chi connectivity index (χ0v) is 19.0. The van der Waals surface area contributed by atoms with E-state index in [1.165, 1.54) is 24.2 Å². The largest absolute Gasteiger partial charge is 0.361 e. The molecule has 1 aromatic heterocycles. The first-order chi connectivity index (χ1) is 16.0. The van der Waals surface area contributed by atoms with Gasteiger partial charge in [-0.1, -0.05) is 54.1 Å². The van der Waals surface area contributed by atoms with Crippen LogP contribution in [-0.2, 0) is 16.0 Å². The average molecular weight is 445 g/mol. The number of hydrogen-bond donors (Lipinski definition) is 1. The first-order valence-electron chi connectivity index (χ1n) is 11.1. The van der Waals surface area contributed by atoms with Gasteiger partial charge in [-0.05, 0) is 30.5 Å². The molecule has 1 saturated heterocycles. The van der Waals surface area contributed by atoms with E-state index in [0.29, 0.717) is 19.5 Å². The Morgan fingerprint density at radius 1 is 1.12 bits per heavy atom. The summed E-state index contributed by atoms with van der Waals surface area (Å²) in [4.78, 5) is 35.9. The Balaban J connectivity index is 1.58. The summed E-state index contributed by atoms with van der Waals surface area (Å²) in [6.45, 7) is 5.23. The average Bonchev–Trinajstić information content (AvgIpc) is 2.85. The summed E-state index contributed by atoms with van der Waals surface area (Å²) < 4.78 is 6.09. The maximum absolute atomic E-state index is 13.2. The van der Waals surface area contributed by atoms with Crippen molar-refractivity contribution in [3.05, 3.63) is 83.9 Å². The highest BCUT2D eigenvalue weighted by atomic mass is 16.5. The van der Waals surface area contributed by atoms with Crippen LogP contribution in [0.25, 0.3) is 11.1 Å². The van der Waals surface area contributed by atoms with Crippen LogP contribution in [0.4, 0.5) is 0 Å². The Morgan fingerprint density at radius 2 is 1.94 bits per heavy atom. The van der Waals surface area contributed by atoms with Gasteiger partial charge in [-0.2, -0.15) is 0 Å². The molecule has 1 fully saturated rings. The second kappa shape index (κ2) is 9.92. The molecule has 170 valence electrons. The fraction of sp³-hybridized carbons (Fsp3) is 0.308. The molecule has 7 nitrogen and oxygen atoms in total. The van der Waals surface area contributed by atoms with Crippen molar-refractivity contribution in [2.75, 3.05) is 26.2 Å². The fourth-order valence-electron chi connectivity index (χ4n) is 4.14. The summed E-state index contributed by atoms with van der Waals surface area (Å²) >= 11 is 0. The van der Waals surface area contributed by atoms with Crippen LogP contribution in [0.2, 0.25) is 0 Å². The number of aryl methyl sites for hydroxylation is 1. The number of nitrogens with zero attached hydrogens (tertiary/aromatic N) is 3. The fourth-order valence-corrected chi connectivity index (χ4v) is 4.14. The van der Waals surface area contributed by atoms with E-state index in [1.807, 2.05) is 25.1 Å². The highest BCUT2D eigenvalue weighted by Gasteiger charge is 2.45. The van der Waals surface area contributed by atoms with Gasteiger partial charge in [0, 0.05) is 31.9 Å². The molecule has 1 atom stereocenters. The quantitative estimate of drug-likeness (QED) is 0.632. The molecule has 3 aromatic rings. The SMILES string of the molecule is CCNC(=O)[C@]1(Cc2ccc(-c3cccc(C)c3)cc2)CN(C(=O)c2cnccn2)CCO1. The van der Waals surface area contributed by atoms with E-state index in [0.717, 1.165) is 16.7 Å². The number of ether oxygens (including phenoxy) is 1. The van der Waals surface area contributed by atoms with Crippen LogP contribution in [0.15, 0.2) is 67.1 Å². The minimum Gasteiger partial charge on any atom is -0.361 e. The second-order valence-electron chi connectivity index (χ2n) is 8.26. The first-order valence-corrected chi connectivity index (χ1v) is 11.1. The van der Waals surface area contributed by atoms with Gasteiger partial charge in [0.15, 0.2) is 5.60 Å². The van der Waals surface area contributed by atoms with E-state index in [2.05, 4.69) is 52.5 Å². The second-order valence-corrected chi connectivity index (χ2v) is 8.26. The van der Waals surface area contributed by atoms with Gasteiger partial charge >= 0.3 is 0 Å². The smallest absolute Gasteiger partial charge is 0.274 e. The number of aromatic nitrogens is 2. The molecule has 0 unspecified atom stereocenters. The normalized spacial score (nSPS) is 18.1. The Morgan fingerprint density at radius 3 is 2.64 bits per heavy atom. The molecule has 7 heteroatoms. The Hall–Kier alpha value is -3.58. The van der Waals surface area contributed by atoms with Gasteiger partial charge in [0.05, 0.1) is 19.3 Å². The lowest BCUT2D eigenvalue weighted by Crippen LogP contribution is -2.62. The summed E-state index contributed by atoms with van der Waals surface area (Å²) in [7, 11) is 0. The molecule has 0 aliphatic carbocycles. The number of nitrogens with one attached hydrogen (secondary N) is 1. The van der Waals surface area contributed by atoms with Crippen molar-refractivity contribution in [2.24, 2.45) is 0 Å². The number of morpholine rings is 1. The van der Waals surface area contributed by atoms with E-state index in [4.69, 9.17) is 4.74 Å². The van der Waals surface area contributed by atoms with Crippen molar-refractivity contribution in [1.82, 2.24) is 20.2 Å². The minimum absolute atomic E-state index is 0.147. The van der Waals surface area contributed by atoms with E-state index >= 15 is 0 Å². The number of carbonyl (C=O) groups is 2. The van der Waals surface area contributed by atoms with Crippen molar-refractivity contribution in [3.8, 4) is 11.1 Å². The number of benzene rings is 2. The molecule has 1 N–H and O–H groups in total. The van der Waals surface area contributed by atoms with Crippen LogP contribution in [0.1, 0.15) is 28.5 Å². The summed E-state index contributed by atoms with van der Waals surface area (Å²) in [5.41, 5.74) is 3.51. The van der Waals surface area contributed by atoms with Crippen LogP contribution in [0.3, 0.4) is 0 Å². The molecule has 0 spiro atoms. The van der Waals surface area contributed by atoms with E-state index in [-0.39, 0.29) is 30.7 Å². The Labute approximate surface area is 193 Å². The van der Waals surface area contributed by atoms with Crippen molar-refractivity contribution in [1.29, 1.82) is 0 Å². The van der Waals surface area contributed by atoms with Gasteiger partial charge < -0.3 is 15.0 Å². The molecule has 0 bridgehead atoms. The standard InChI is InChI=1S/C26H28N4O3/c1-3-28-25(32)26(18-30(13-14-33-26)24(31)23-17-27-11-12-29-23)16-20-7-9-21(10-8-20)22-6-4-5-19(2)15-22/h4-12,15,17H,3,13-14,16,18H2,1-2H3,(H,28,32)/t26-/m0/s1. The Kier molecular flexibility index (Phi) is 6.79. The molecule has 2 aromatic carbocycles. The number of carbonyl (C=O) groups excluding carboxylic acids is 2. The summed E-state index contributed by atoms with van der Waals surface area (Å²) in [5, 5.41) is 2.89. The minimum atomic E-state index is -1.17. The van der Waals surface area contributed by atoms with Crippen molar-refractivity contribution in [2.45, 2.75) is 25.9 Å². The molecule has 2 amide bonds. The number of hydrogen-bond acceptors (Lipinski definition) is 5. The van der Waals surface area contributed by atoms with E-state index in [9.17, 15) is 9.59 Å². The van der Waals surface area contributed by atoms with Crippen molar-refractivity contribution in [3.63, 3.8) is 0 Å². The first kappa shape index (κ1) is 22.6. The Bertz CT molecular complexity index is 1120. The third kappa shape index (κ3) is 5.09. The van der Waals surface area contributed by atoms with Crippen LogP contribution in [0, 0.1) is 6.92 Å². The molecule has 1 aliphatic heterocycles. The van der Waals surface area contributed by atoms with E-state index < -0.39 is 5.60 Å². The zero-order valence-electron chi connectivity index (χ0n) is 19.0. The lowest BCUT2D eigenvalue weighted by atomic mass is 9.90. The molecular weight excluding hydrogens is 416 g/mol. The van der Waals surface area contributed by atoms with Gasteiger partial charge in [-0.25, -0.2) is 4.98 Å². The van der Waals surface area contributed by atoms with Crippen molar-refractivity contribution >= 4 is 11.8 Å². The molecule has 0 radical (unpaired) electrons. The zero-order chi connectivity index (χ0) is 23.3. The highest BCUT2D eigenvalue weighted by molar-refractivity contribution is 5.93. The number of amides is 2. The molecule has 4 rings (SSSR count). The van der Waals surface area contributed by atoms with Crippen LogP contribution in [0.5, 0.6) is 0 Å². The van der Waals surface area contributed by atoms with Crippen molar-refractivity contribution < 1.29 is 14.3 Å². The van der Waals surface area contributed by atoms with Gasteiger partial charge in [-0.15, -0.1) is 0 Å². The highest BCUT2D eigenvalue weighted by Crippen LogP contribution is 2.27. The third-order valence-electron chi connectivity index (χ3n) is 5.80. The predicted octanol–water partition coefficient (Wildman–Crippen LogP) is 3.04. The van der Waals surface area contributed by atoms with Gasteiger partial charge in [-0.3, -0.25) is 14.6 Å². The molecule has 0 saturated carbocycles. The van der Waals surface area contributed by atoms with Gasteiger partial charge in [0.1, 0.15) is 5.69 Å². The van der Waals surface area contributed by atoms with E-state index in [1.54, 1.807) is 4.90 Å². The molecular formula is C26H28N4O3. The molecule has 33 heavy (non-hydrogen) atoms. The predicted molar refractivity (Wildman–Crippen MR) is 126 cm³/mol. The number of rotatable bonds is 6. The molecule has 2 heterocycles. The number of likely N-dealkylation sites (N-methyl/N-ethyl adjacent to an activating group) is 1. The van der Waals surface area contributed by atoms with Crippen LogP contribution < -0.4 is 5.32 Å². The van der Waals surface area contributed by atoms with Gasteiger partial charge in [0.2, 0.25) is 0 Å². The molecule has 1 aliphatic rings. The van der Waals surface area contributed by atoms with Crippen LogP contribution >= 0.6 is 0 Å². The summed E-state index contributed by atoms with van der Waals surface area (Å²) in [5.74, 6) is -0.473. The monoisotopic (exact) mass is 444 g/mol. The lowest BCUT2D eigenvalue weighted by Gasteiger charge is -2.41.